The number of nitrogens with zero attached hydrogens (tertiary/aromatic N) is 2. The zero-order valence-corrected chi connectivity index (χ0v) is 12.9. The van der Waals surface area contributed by atoms with Crippen molar-refractivity contribution < 1.29 is 4.79 Å². The summed E-state index contributed by atoms with van der Waals surface area (Å²) in [7, 11) is 0. The second-order valence-electron chi connectivity index (χ2n) is 5.10. The Bertz CT molecular complexity index is 670. The first kappa shape index (κ1) is 14.8. The lowest BCUT2D eigenvalue weighted by atomic mass is 10.1. The summed E-state index contributed by atoms with van der Waals surface area (Å²) in [6, 6.07) is 7.75. The van der Waals surface area contributed by atoms with Gasteiger partial charge in [-0.1, -0.05) is 6.07 Å². The van der Waals surface area contributed by atoms with Crippen LogP contribution in [0, 0.1) is 6.92 Å². The number of pyridine rings is 1. The van der Waals surface area contributed by atoms with E-state index in [1.165, 1.54) is 9.75 Å². The zero-order valence-electron chi connectivity index (χ0n) is 12.1. The number of hydrogen-bond acceptors (Lipinski definition) is 6. The molecule has 0 aliphatic carbocycles. The van der Waals surface area contributed by atoms with Crippen LogP contribution in [0.25, 0.3) is 0 Å². The van der Waals surface area contributed by atoms with Crippen molar-refractivity contribution in [3.8, 4) is 0 Å². The van der Waals surface area contributed by atoms with Gasteiger partial charge in [-0.3, -0.25) is 9.78 Å². The number of carbonyl (C=O) groups excluding carboxylic acids is 1. The smallest absolute Gasteiger partial charge is 0.258 e. The quantitative estimate of drug-likeness (QED) is 0.590. The van der Waals surface area contributed by atoms with Gasteiger partial charge in [-0.15, -0.1) is 11.3 Å². The molecule has 1 amide bonds. The molecule has 0 radical (unpaired) electrons. The summed E-state index contributed by atoms with van der Waals surface area (Å²) < 4.78 is 0. The Morgan fingerprint density at radius 1 is 1.45 bits per heavy atom. The van der Waals surface area contributed by atoms with Crippen molar-refractivity contribution in [2.24, 2.45) is 5.10 Å². The van der Waals surface area contributed by atoms with E-state index in [0.29, 0.717) is 6.42 Å². The number of hydrazine groups is 1. The lowest BCUT2D eigenvalue weighted by molar-refractivity contribution is -0.122. The SMILES string of the molecule is Cc1ccc(C2CC(C(=O)N/N=C/c3cccnc3)NN2)s1. The maximum Gasteiger partial charge on any atom is 0.258 e. The Balaban J connectivity index is 1.52. The van der Waals surface area contributed by atoms with Crippen molar-refractivity contribution in [3.63, 3.8) is 0 Å². The molecule has 3 heterocycles. The molecule has 1 aliphatic heterocycles. The maximum atomic E-state index is 12.1. The second-order valence-corrected chi connectivity index (χ2v) is 6.42. The average molecular weight is 315 g/mol. The minimum atomic E-state index is -0.293. The normalized spacial score (nSPS) is 21.3. The third-order valence-electron chi connectivity index (χ3n) is 3.40. The van der Waals surface area contributed by atoms with E-state index in [-0.39, 0.29) is 18.0 Å². The molecule has 114 valence electrons. The first-order valence-electron chi connectivity index (χ1n) is 7.03. The van der Waals surface area contributed by atoms with Crippen molar-refractivity contribution in [1.29, 1.82) is 0 Å². The number of thiophene rings is 1. The van der Waals surface area contributed by atoms with E-state index in [1.54, 1.807) is 29.9 Å². The Labute approximate surface area is 132 Å². The third kappa shape index (κ3) is 3.56. The fourth-order valence-electron chi connectivity index (χ4n) is 2.26. The highest BCUT2D eigenvalue weighted by atomic mass is 32.1. The van der Waals surface area contributed by atoms with Gasteiger partial charge in [-0.25, -0.2) is 16.3 Å². The number of aryl methyl sites for hydroxylation is 1. The van der Waals surface area contributed by atoms with Crippen LogP contribution in [-0.4, -0.2) is 23.1 Å². The van der Waals surface area contributed by atoms with Gasteiger partial charge in [-0.2, -0.15) is 5.10 Å². The predicted octanol–water partition coefficient (Wildman–Crippen LogP) is 1.51. The monoisotopic (exact) mass is 315 g/mol. The summed E-state index contributed by atoms with van der Waals surface area (Å²) in [5.41, 5.74) is 9.58. The van der Waals surface area contributed by atoms with E-state index < -0.39 is 0 Å². The highest BCUT2D eigenvalue weighted by molar-refractivity contribution is 7.12. The Kier molecular flexibility index (Phi) is 4.57. The number of hydrazone groups is 1. The Hall–Kier alpha value is -2.09. The minimum absolute atomic E-state index is 0.150. The fraction of sp³-hybridized carbons (Fsp3) is 0.267. The maximum absolute atomic E-state index is 12.1. The van der Waals surface area contributed by atoms with Crippen molar-refractivity contribution in [2.45, 2.75) is 25.4 Å². The van der Waals surface area contributed by atoms with Crippen LogP contribution in [-0.2, 0) is 4.79 Å². The second kappa shape index (κ2) is 6.78. The summed E-state index contributed by atoms with van der Waals surface area (Å²) in [6.45, 7) is 2.08. The third-order valence-corrected chi connectivity index (χ3v) is 4.51. The van der Waals surface area contributed by atoms with Gasteiger partial charge in [0.15, 0.2) is 0 Å². The van der Waals surface area contributed by atoms with E-state index in [4.69, 9.17) is 0 Å². The van der Waals surface area contributed by atoms with Crippen LogP contribution in [0.15, 0.2) is 41.8 Å². The van der Waals surface area contributed by atoms with Gasteiger partial charge in [0.2, 0.25) is 0 Å². The number of nitrogens with one attached hydrogen (secondary N) is 3. The average Bonchev–Trinajstić information content (AvgIpc) is 3.17. The van der Waals surface area contributed by atoms with Gasteiger partial charge >= 0.3 is 0 Å². The number of aromatic nitrogens is 1. The lowest BCUT2D eigenvalue weighted by Crippen LogP contribution is -2.41. The first-order valence-corrected chi connectivity index (χ1v) is 7.84. The van der Waals surface area contributed by atoms with Crippen LogP contribution in [0.5, 0.6) is 0 Å². The van der Waals surface area contributed by atoms with E-state index in [0.717, 1.165) is 5.56 Å². The van der Waals surface area contributed by atoms with Crippen molar-refractivity contribution in [2.75, 3.05) is 0 Å². The van der Waals surface area contributed by atoms with Crippen molar-refractivity contribution in [1.82, 2.24) is 21.3 Å². The fourth-order valence-corrected chi connectivity index (χ4v) is 3.20. The Morgan fingerprint density at radius 2 is 2.36 bits per heavy atom. The summed E-state index contributed by atoms with van der Waals surface area (Å²) in [5.74, 6) is -0.150. The van der Waals surface area contributed by atoms with Crippen molar-refractivity contribution in [3.05, 3.63) is 52.0 Å². The van der Waals surface area contributed by atoms with Crippen LogP contribution < -0.4 is 16.3 Å². The molecule has 2 atom stereocenters. The highest BCUT2D eigenvalue weighted by Gasteiger charge is 2.30. The van der Waals surface area contributed by atoms with E-state index in [1.807, 2.05) is 12.1 Å². The lowest BCUT2D eigenvalue weighted by Gasteiger charge is -2.06. The molecule has 0 bridgehead atoms. The highest BCUT2D eigenvalue weighted by Crippen LogP contribution is 2.28. The van der Waals surface area contributed by atoms with E-state index in [9.17, 15) is 4.79 Å². The molecule has 0 aromatic carbocycles. The summed E-state index contributed by atoms with van der Waals surface area (Å²) >= 11 is 1.74. The molecule has 22 heavy (non-hydrogen) atoms. The molecule has 1 fully saturated rings. The van der Waals surface area contributed by atoms with Crippen molar-refractivity contribution >= 4 is 23.5 Å². The van der Waals surface area contributed by atoms with Gasteiger partial charge in [0.1, 0.15) is 6.04 Å². The van der Waals surface area contributed by atoms with Gasteiger partial charge in [-0.05, 0) is 31.5 Å². The standard InChI is InChI=1S/C15H17N5OS/c1-10-4-5-14(22-10)12-7-13(19-18-12)15(21)20-17-9-11-3-2-6-16-8-11/h2-6,8-9,12-13,18-19H,7H2,1H3,(H,20,21)/b17-9+. The van der Waals surface area contributed by atoms with Gasteiger partial charge in [0, 0.05) is 27.7 Å². The predicted molar refractivity (Wildman–Crippen MR) is 86.4 cm³/mol. The molecule has 0 spiro atoms. The van der Waals surface area contributed by atoms with Gasteiger partial charge < -0.3 is 0 Å². The molecule has 2 aromatic rings. The molecular formula is C15H17N5OS. The van der Waals surface area contributed by atoms with Crippen LogP contribution in [0.1, 0.15) is 27.8 Å². The molecular weight excluding hydrogens is 298 g/mol. The number of hydrogen-bond donors (Lipinski definition) is 3. The van der Waals surface area contributed by atoms with E-state index in [2.05, 4.69) is 45.4 Å². The molecule has 1 saturated heterocycles. The van der Waals surface area contributed by atoms with Crippen LogP contribution in [0.2, 0.25) is 0 Å². The number of amides is 1. The molecule has 1 aliphatic rings. The largest absolute Gasteiger partial charge is 0.271 e. The molecule has 3 rings (SSSR count). The molecule has 6 nitrogen and oxygen atoms in total. The molecule has 2 unspecified atom stereocenters. The van der Waals surface area contributed by atoms with Gasteiger partial charge in [0.25, 0.3) is 5.91 Å². The minimum Gasteiger partial charge on any atom is -0.271 e. The number of rotatable bonds is 4. The molecule has 3 N–H and O–H groups in total. The Morgan fingerprint density at radius 3 is 3.09 bits per heavy atom. The molecule has 2 aromatic heterocycles. The summed E-state index contributed by atoms with van der Waals surface area (Å²) in [6.07, 6.45) is 5.65. The van der Waals surface area contributed by atoms with E-state index >= 15 is 0 Å². The summed E-state index contributed by atoms with van der Waals surface area (Å²) in [4.78, 5) is 18.6. The molecule has 0 saturated carbocycles. The first-order chi connectivity index (χ1) is 10.7. The molecule has 7 heteroatoms. The summed E-state index contributed by atoms with van der Waals surface area (Å²) in [5, 5.41) is 3.96. The van der Waals surface area contributed by atoms with Crippen LogP contribution >= 0.6 is 11.3 Å². The van der Waals surface area contributed by atoms with Crippen LogP contribution in [0.3, 0.4) is 0 Å². The van der Waals surface area contributed by atoms with Crippen LogP contribution in [0.4, 0.5) is 0 Å². The topological polar surface area (TPSA) is 78.4 Å². The van der Waals surface area contributed by atoms with Gasteiger partial charge in [0.05, 0.1) is 12.3 Å². The zero-order chi connectivity index (χ0) is 15.4. The number of carbonyl (C=O) groups is 1.